The lowest BCUT2D eigenvalue weighted by molar-refractivity contribution is -0.118. The molecule has 0 unspecified atom stereocenters. The van der Waals surface area contributed by atoms with Crippen molar-refractivity contribution >= 4 is 5.91 Å². The van der Waals surface area contributed by atoms with Gasteiger partial charge in [-0.05, 0) is 68.9 Å². The van der Waals surface area contributed by atoms with Crippen molar-refractivity contribution in [3.8, 4) is 11.8 Å². The van der Waals surface area contributed by atoms with Gasteiger partial charge in [0.05, 0.1) is 0 Å². The Hall–Kier alpha value is -3.16. The van der Waals surface area contributed by atoms with E-state index in [1.165, 1.54) is 43.6 Å². The Balaban J connectivity index is 0.00000104. The molecule has 1 saturated heterocycles. The van der Waals surface area contributed by atoms with Gasteiger partial charge in [-0.25, -0.2) is 4.39 Å². The smallest absolute Gasteiger partial charge is 0.216 e. The minimum Gasteiger partial charge on any atom is -0.356 e. The number of carbonyl (C=O) groups is 1. The average molecular weight is 493 g/mol. The van der Waals surface area contributed by atoms with Gasteiger partial charge < -0.3 is 10.6 Å². The number of amides is 1. The Labute approximate surface area is 219 Å². The van der Waals surface area contributed by atoms with E-state index in [1.54, 1.807) is 13.0 Å². The first kappa shape index (κ1) is 32.8. The second kappa shape index (κ2) is 21.1. The molecule has 2 N–H and O–H groups in total. The van der Waals surface area contributed by atoms with Crippen LogP contribution in [0.5, 0.6) is 0 Å². The summed E-state index contributed by atoms with van der Waals surface area (Å²) in [6.07, 6.45) is 20.4. The number of allylic oxidation sites excluding steroid dienone is 12. The van der Waals surface area contributed by atoms with Crippen LogP contribution >= 0.6 is 0 Å². The van der Waals surface area contributed by atoms with E-state index in [0.29, 0.717) is 12.5 Å². The van der Waals surface area contributed by atoms with Gasteiger partial charge in [0.1, 0.15) is 5.83 Å². The third-order valence-electron chi connectivity index (χ3n) is 5.17. The fourth-order valence-corrected chi connectivity index (χ4v) is 3.65. The monoisotopic (exact) mass is 492 g/mol. The molecule has 1 aliphatic carbocycles. The van der Waals surface area contributed by atoms with Crippen molar-refractivity contribution in [3.05, 3.63) is 96.0 Å². The molecule has 3 nitrogen and oxygen atoms in total. The van der Waals surface area contributed by atoms with Crippen molar-refractivity contribution in [1.82, 2.24) is 10.6 Å². The van der Waals surface area contributed by atoms with Gasteiger partial charge in [-0.15, -0.1) is 0 Å². The van der Waals surface area contributed by atoms with Gasteiger partial charge in [0.15, 0.2) is 0 Å². The Morgan fingerprint density at radius 1 is 1.31 bits per heavy atom. The Morgan fingerprint density at radius 2 is 2.06 bits per heavy atom. The topological polar surface area (TPSA) is 41.1 Å². The number of rotatable bonds is 9. The van der Waals surface area contributed by atoms with Gasteiger partial charge in [-0.3, -0.25) is 4.79 Å². The zero-order chi connectivity index (χ0) is 27.2. The molecule has 196 valence electrons. The van der Waals surface area contributed by atoms with E-state index in [1.807, 2.05) is 19.9 Å². The SMILES string of the molecule is C=C/C(=C\C(C)=C\[C@@H]1CCCNC1)C1=C(CCNC(C)=O)C#CCC=C1.C=C/C=C(F)\C=C/C.CC. The zero-order valence-corrected chi connectivity index (χ0v) is 22.9. The Morgan fingerprint density at radius 3 is 2.64 bits per heavy atom. The largest absolute Gasteiger partial charge is 0.356 e. The van der Waals surface area contributed by atoms with Crippen molar-refractivity contribution in [2.45, 2.75) is 60.3 Å². The first-order valence-electron chi connectivity index (χ1n) is 12.9. The predicted octanol–water partition coefficient (Wildman–Crippen LogP) is 7.46. The molecule has 1 amide bonds. The number of nitrogens with one attached hydrogen (secondary N) is 2. The molecule has 0 spiro atoms. The summed E-state index contributed by atoms with van der Waals surface area (Å²) in [7, 11) is 0. The summed E-state index contributed by atoms with van der Waals surface area (Å²) in [6, 6.07) is 0. The van der Waals surface area contributed by atoms with Crippen LogP contribution in [0, 0.1) is 17.8 Å². The normalized spacial score (nSPS) is 18.1. The van der Waals surface area contributed by atoms with E-state index in [9.17, 15) is 9.18 Å². The predicted molar refractivity (Wildman–Crippen MR) is 155 cm³/mol. The third kappa shape index (κ3) is 15.0. The molecule has 0 aromatic carbocycles. The minimum atomic E-state index is -0.262. The van der Waals surface area contributed by atoms with Crippen LogP contribution in [0.15, 0.2) is 96.0 Å². The van der Waals surface area contributed by atoms with Crippen LogP contribution in [0.3, 0.4) is 0 Å². The summed E-state index contributed by atoms with van der Waals surface area (Å²) in [6.45, 7) is 19.6. The lowest BCUT2D eigenvalue weighted by Crippen LogP contribution is -2.28. The summed E-state index contributed by atoms with van der Waals surface area (Å²) >= 11 is 0. The number of hydrogen-bond donors (Lipinski definition) is 2. The molecule has 2 aliphatic rings. The molecule has 0 radical (unpaired) electrons. The maximum absolute atomic E-state index is 12.1. The molecule has 4 heteroatoms. The fraction of sp³-hybridized carbons (Fsp3) is 0.406. The van der Waals surface area contributed by atoms with Crippen LogP contribution in [-0.2, 0) is 4.79 Å². The summed E-state index contributed by atoms with van der Waals surface area (Å²) in [5.41, 5.74) is 4.52. The fourth-order valence-electron chi connectivity index (χ4n) is 3.65. The summed E-state index contributed by atoms with van der Waals surface area (Å²) in [5.74, 6) is 6.77. The molecular formula is C32H45FN2O. The highest BCUT2D eigenvalue weighted by molar-refractivity contribution is 5.72. The molecule has 1 fully saturated rings. The molecule has 1 aliphatic heterocycles. The first-order chi connectivity index (χ1) is 17.4. The van der Waals surface area contributed by atoms with Crippen molar-refractivity contribution in [3.63, 3.8) is 0 Å². The summed E-state index contributed by atoms with van der Waals surface area (Å²) in [4.78, 5) is 11.1. The first-order valence-corrected chi connectivity index (χ1v) is 12.9. The Kier molecular flexibility index (Phi) is 19.3. The Bertz CT molecular complexity index is 942. The van der Waals surface area contributed by atoms with Gasteiger partial charge in [-0.1, -0.05) is 87.0 Å². The zero-order valence-electron chi connectivity index (χ0n) is 22.9. The highest BCUT2D eigenvalue weighted by atomic mass is 19.1. The van der Waals surface area contributed by atoms with Gasteiger partial charge in [0.2, 0.25) is 5.91 Å². The van der Waals surface area contributed by atoms with Gasteiger partial charge in [0, 0.05) is 32.0 Å². The van der Waals surface area contributed by atoms with Gasteiger partial charge in [-0.2, -0.15) is 0 Å². The molecular weight excluding hydrogens is 447 g/mol. The highest BCUT2D eigenvalue weighted by Gasteiger charge is 2.11. The summed E-state index contributed by atoms with van der Waals surface area (Å²) in [5, 5.41) is 6.32. The van der Waals surface area contributed by atoms with E-state index in [2.05, 4.69) is 66.9 Å². The molecule has 1 atom stereocenters. The van der Waals surface area contributed by atoms with E-state index in [0.717, 1.165) is 42.7 Å². The number of hydrogen-bond acceptors (Lipinski definition) is 2. The van der Waals surface area contributed by atoms with Crippen LogP contribution in [-0.4, -0.2) is 25.5 Å². The molecule has 0 aromatic rings. The number of halogens is 1. The second-order valence-corrected chi connectivity index (χ2v) is 8.14. The standard InChI is InChI=1S/C23H30N2O.C7H9F.C2H6/c1-4-21(16-18(2)15-20-9-8-13-24-17-20)23-11-7-5-6-10-22(23)12-14-25-19(3)26;1-3-5-7(8)6-4-2;1-2/h4,7,11,15-16,20,24H,1,5,8-9,12-14,17H2,2-3H3,(H,25,26);3-6H,1H2,2H3;1-2H3/b18-15+,21-16+;6-4-,7-5+;/t20-;;/m0../s1. The maximum Gasteiger partial charge on any atom is 0.216 e. The van der Waals surface area contributed by atoms with E-state index < -0.39 is 0 Å². The average Bonchev–Trinajstić information content (AvgIpc) is 3.10. The lowest BCUT2D eigenvalue weighted by atomic mass is 9.93. The maximum atomic E-state index is 12.1. The van der Waals surface area contributed by atoms with E-state index in [4.69, 9.17) is 0 Å². The van der Waals surface area contributed by atoms with E-state index >= 15 is 0 Å². The van der Waals surface area contributed by atoms with E-state index in [-0.39, 0.29) is 11.7 Å². The van der Waals surface area contributed by atoms with Crippen molar-refractivity contribution in [1.29, 1.82) is 0 Å². The molecule has 2 rings (SSSR count). The van der Waals surface area contributed by atoms with Gasteiger partial charge in [0.25, 0.3) is 0 Å². The van der Waals surface area contributed by atoms with Crippen LogP contribution in [0.4, 0.5) is 4.39 Å². The lowest BCUT2D eigenvalue weighted by Gasteiger charge is -2.20. The number of piperidine rings is 1. The van der Waals surface area contributed by atoms with Crippen LogP contribution in [0.25, 0.3) is 0 Å². The second-order valence-electron chi connectivity index (χ2n) is 8.14. The van der Waals surface area contributed by atoms with Gasteiger partial charge >= 0.3 is 0 Å². The van der Waals surface area contributed by atoms with Crippen molar-refractivity contribution < 1.29 is 9.18 Å². The summed E-state index contributed by atoms with van der Waals surface area (Å²) < 4.78 is 12.1. The van der Waals surface area contributed by atoms with Crippen LogP contribution < -0.4 is 10.6 Å². The van der Waals surface area contributed by atoms with Crippen LogP contribution in [0.1, 0.15) is 60.3 Å². The highest BCUT2D eigenvalue weighted by Crippen LogP contribution is 2.24. The van der Waals surface area contributed by atoms with Crippen LogP contribution in [0.2, 0.25) is 0 Å². The molecule has 0 aromatic heterocycles. The molecule has 1 heterocycles. The quantitative estimate of drug-likeness (QED) is 0.259. The molecule has 0 bridgehead atoms. The van der Waals surface area contributed by atoms with Crippen molar-refractivity contribution in [2.24, 2.45) is 5.92 Å². The third-order valence-corrected chi connectivity index (χ3v) is 5.17. The number of carbonyl (C=O) groups excluding carboxylic acids is 1. The molecule has 0 saturated carbocycles. The minimum absolute atomic E-state index is 0.0105. The van der Waals surface area contributed by atoms with Crippen molar-refractivity contribution in [2.75, 3.05) is 19.6 Å². The molecule has 36 heavy (non-hydrogen) atoms.